The highest BCUT2D eigenvalue weighted by Crippen LogP contribution is 2.25. The maximum Gasteiger partial charge on any atom is 0.331 e. The Morgan fingerprint density at radius 3 is 2.38 bits per heavy atom. The summed E-state index contributed by atoms with van der Waals surface area (Å²) in [5.74, 6) is -1.35. The van der Waals surface area contributed by atoms with E-state index in [-0.39, 0.29) is 5.78 Å². The van der Waals surface area contributed by atoms with Crippen LogP contribution in [0.15, 0.2) is 48.5 Å². The van der Waals surface area contributed by atoms with E-state index in [4.69, 9.17) is 27.9 Å². The van der Waals surface area contributed by atoms with Crippen LogP contribution in [0.2, 0.25) is 10.0 Å². The van der Waals surface area contributed by atoms with Crippen LogP contribution in [-0.2, 0) is 14.3 Å². The largest absolute Gasteiger partial charge is 0.452 e. The summed E-state index contributed by atoms with van der Waals surface area (Å²) in [4.78, 5) is 34.9. The molecule has 0 unspecified atom stereocenters. The number of amides is 1. The van der Waals surface area contributed by atoms with Crippen LogP contribution in [-0.4, -0.2) is 24.3 Å². The predicted octanol–water partition coefficient (Wildman–Crippen LogP) is 4.39. The van der Waals surface area contributed by atoms with Crippen molar-refractivity contribution in [2.24, 2.45) is 0 Å². The van der Waals surface area contributed by atoms with E-state index < -0.39 is 18.5 Å². The minimum absolute atomic E-state index is 0.115. The fourth-order valence-electron chi connectivity index (χ4n) is 2.02. The molecule has 0 radical (unpaired) electrons. The van der Waals surface area contributed by atoms with Gasteiger partial charge in [0.15, 0.2) is 12.4 Å². The van der Waals surface area contributed by atoms with Gasteiger partial charge < -0.3 is 10.1 Å². The summed E-state index contributed by atoms with van der Waals surface area (Å²) in [6.07, 6.45) is 2.55. The van der Waals surface area contributed by atoms with Crippen LogP contribution in [0.4, 0.5) is 5.69 Å². The quantitative estimate of drug-likeness (QED) is 0.450. The minimum Gasteiger partial charge on any atom is -0.452 e. The van der Waals surface area contributed by atoms with Crippen molar-refractivity contribution in [2.75, 3.05) is 11.9 Å². The minimum atomic E-state index is -0.714. The summed E-state index contributed by atoms with van der Waals surface area (Å²) < 4.78 is 4.86. The molecule has 0 aliphatic carbocycles. The number of halogens is 2. The molecule has 0 fully saturated rings. The third-order valence-electron chi connectivity index (χ3n) is 3.28. The van der Waals surface area contributed by atoms with E-state index in [0.29, 0.717) is 26.9 Å². The lowest BCUT2D eigenvalue weighted by atomic mass is 10.1. The Hall–Kier alpha value is -2.63. The molecule has 0 saturated carbocycles. The van der Waals surface area contributed by atoms with E-state index in [1.54, 1.807) is 42.5 Å². The number of ketones is 1. The van der Waals surface area contributed by atoms with Gasteiger partial charge in [-0.15, -0.1) is 0 Å². The Morgan fingerprint density at radius 2 is 1.73 bits per heavy atom. The van der Waals surface area contributed by atoms with Gasteiger partial charge in [-0.1, -0.05) is 41.4 Å². The third kappa shape index (κ3) is 5.72. The van der Waals surface area contributed by atoms with Crippen molar-refractivity contribution in [1.82, 2.24) is 0 Å². The third-order valence-corrected chi connectivity index (χ3v) is 3.94. The molecule has 2 aromatic rings. The molecule has 1 N–H and O–H groups in total. The number of hydrogen-bond donors (Lipinski definition) is 1. The van der Waals surface area contributed by atoms with Crippen LogP contribution >= 0.6 is 23.2 Å². The number of nitrogens with one attached hydrogen (secondary N) is 1. The average molecular weight is 392 g/mol. The standard InChI is InChI=1S/C19H15Cl2NO4/c1-12(23)13-4-2-5-14(10-13)22-18(24)11-26-19(25)9-8-15-16(20)6-3-7-17(15)21/h2-10H,11H2,1H3,(H,22,24)/b9-8+. The predicted molar refractivity (Wildman–Crippen MR) is 102 cm³/mol. The average Bonchev–Trinajstić information content (AvgIpc) is 2.59. The van der Waals surface area contributed by atoms with E-state index >= 15 is 0 Å². The maximum atomic E-state index is 11.8. The molecule has 0 aromatic heterocycles. The first-order chi connectivity index (χ1) is 12.4. The highest BCUT2D eigenvalue weighted by Gasteiger charge is 2.08. The lowest BCUT2D eigenvalue weighted by molar-refractivity contribution is -0.142. The number of rotatable bonds is 6. The molecule has 2 rings (SSSR count). The van der Waals surface area contributed by atoms with Crippen LogP contribution in [0.3, 0.4) is 0 Å². The van der Waals surface area contributed by atoms with Crippen LogP contribution < -0.4 is 5.32 Å². The van der Waals surface area contributed by atoms with Crippen molar-refractivity contribution in [1.29, 1.82) is 0 Å². The lowest BCUT2D eigenvalue weighted by Crippen LogP contribution is -2.20. The number of esters is 1. The van der Waals surface area contributed by atoms with Crippen molar-refractivity contribution in [3.8, 4) is 0 Å². The molecule has 1 amide bonds. The maximum absolute atomic E-state index is 11.8. The van der Waals surface area contributed by atoms with Gasteiger partial charge in [0, 0.05) is 32.9 Å². The molecular formula is C19H15Cl2NO4. The van der Waals surface area contributed by atoms with Gasteiger partial charge in [0.25, 0.3) is 5.91 Å². The first kappa shape index (κ1) is 19.7. The van der Waals surface area contributed by atoms with Crippen LogP contribution in [0.1, 0.15) is 22.8 Å². The summed E-state index contributed by atoms with van der Waals surface area (Å²) in [5.41, 5.74) is 1.40. The molecule has 26 heavy (non-hydrogen) atoms. The number of benzene rings is 2. The van der Waals surface area contributed by atoms with E-state index in [9.17, 15) is 14.4 Å². The van der Waals surface area contributed by atoms with Crippen molar-refractivity contribution >= 4 is 52.6 Å². The van der Waals surface area contributed by atoms with E-state index in [0.717, 1.165) is 6.08 Å². The summed E-state index contributed by atoms with van der Waals surface area (Å²) >= 11 is 12.0. The Kier molecular flexibility index (Phi) is 6.95. The van der Waals surface area contributed by atoms with Gasteiger partial charge in [-0.3, -0.25) is 9.59 Å². The van der Waals surface area contributed by atoms with Crippen molar-refractivity contribution in [3.05, 3.63) is 69.7 Å². The lowest BCUT2D eigenvalue weighted by Gasteiger charge is -2.06. The Bertz CT molecular complexity index is 857. The second kappa shape index (κ2) is 9.17. The zero-order chi connectivity index (χ0) is 19.1. The number of ether oxygens (including phenoxy) is 1. The molecule has 0 bridgehead atoms. The molecule has 2 aromatic carbocycles. The first-order valence-corrected chi connectivity index (χ1v) is 8.32. The molecule has 5 nitrogen and oxygen atoms in total. The zero-order valence-electron chi connectivity index (χ0n) is 13.8. The number of carbonyl (C=O) groups is 3. The monoisotopic (exact) mass is 391 g/mol. The second-order valence-corrected chi connectivity index (χ2v) is 6.08. The first-order valence-electron chi connectivity index (χ1n) is 7.56. The molecule has 0 heterocycles. The molecule has 0 saturated heterocycles. The Morgan fingerprint density at radius 1 is 1.08 bits per heavy atom. The fourth-order valence-corrected chi connectivity index (χ4v) is 2.54. The SMILES string of the molecule is CC(=O)c1cccc(NC(=O)COC(=O)/C=C/c2c(Cl)cccc2Cl)c1. The molecule has 0 atom stereocenters. The second-order valence-electron chi connectivity index (χ2n) is 5.26. The van der Waals surface area contributed by atoms with Crippen molar-refractivity contribution < 1.29 is 19.1 Å². The van der Waals surface area contributed by atoms with E-state index in [2.05, 4.69) is 5.32 Å². The molecule has 134 valence electrons. The highest BCUT2D eigenvalue weighted by atomic mass is 35.5. The van der Waals surface area contributed by atoms with Crippen LogP contribution in [0.5, 0.6) is 0 Å². The van der Waals surface area contributed by atoms with E-state index in [1.807, 2.05) is 0 Å². The van der Waals surface area contributed by atoms with Gasteiger partial charge in [0.2, 0.25) is 0 Å². The smallest absolute Gasteiger partial charge is 0.331 e. The van der Waals surface area contributed by atoms with E-state index in [1.165, 1.54) is 13.0 Å². The molecule has 0 spiro atoms. The molecular weight excluding hydrogens is 377 g/mol. The summed E-state index contributed by atoms with van der Waals surface area (Å²) in [6.45, 7) is 0.962. The van der Waals surface area contributed by atoms with Gasteiger partial charge in [-0.25, -0.2) is 4.79 Å². The van der Waals surface area contributed by atoms with Gasteiger partial charge in [0.1, 0.15) is 0 Å². The van der Waals surface area contributed by atoms with Crippen molar-refractivity contribution in [3.63, 3.8) is 0 Å². The normalized spacial score (nSPS) is 10.6. The number of Topliss-reactive ketones (excluding diaryl/α,β-unsaturated/α-hetero) is 1. The van der Waals surface area contributed by atoms with Gasteiger partial charge in [-0.05, 0) is 37.3 Å². The number of carbonyl (C=O) groups excluding carboxylic acids is 3. The molecule has 7 heteroatoms. The summed E-state index contributed by atoms with van der Waals surface area (Å²) in [5, 5.41) is 3.34. The number of hydrogen-bond acceptors (Lipinski definition) is 4. The Labute approximate surface area is 160 Å². The molecule has 0 aliphatic heterocycles. The van der Waals surface area contributed by atoms with Gasteiger partial charge >= 0.3 is 5.97 Å². The van der Waals surface area contributed by atoms with Gasteiger partial charge in [0.05, 0.1) is 0 Å². The van der Waals surface area contributed by atoms with Crippen molar-refractivity contribution in [2.45, 2.75) is 6.92 Å². The summed E-state index contributed by atoms with van der Waals surface area (Å²) in [7, 11) is 0. The van der Waals surface area contributed by atoms with Crippen LogP contribution in [0, 0.1) is 0 Å². The molecule has 0 aliphatic rings. The highest BCUT2D eigenvalue weighted by molar-refractivity contribution is 6.37. The Balaban J connectivity index is 1.89. The zero-order valence-corrected chi connectivity index (χ0v) is 15.3. The summed E-state index contributed by atoms with van der Waals surface area (Å²) in [6, 6.07) is 11.4. The van der Waals surface area contributed by atoms with Gasteiger partial charge in [-0.2, -0.15) is 0 Å². The number of anilines is 1. The fraction of sp³-hybridized carbons (Fsp3) is 0.105. The van der Waals surface area contributed by atoms with Crippen LogP contribution in [0.25, 0.3) is 6.08 Å². The topological polar surface area (TPSA) is 72.5 Å².